The van der Waals surface area contributed by atoms with E-state index in [0.717, 1.165) is 5.56 Å². The number of nitrogens with zero attached hydrogens (tertiary/aromatic N) is 2. The van der Waals surface area contributed by atoms with Gasteiger partial charge < -0.3 is 30.1 Å². The molecule has 3 unspecified atom stereocenters. The van der Waals surface area contributed by atoms with Gasteiger partial charge in [0.25, 0.3) is 5.89 Å². The van der Waals surface area contributed by atoms with E-state index in [1.165, 1.54) is 37.9 Å². The molecule has 224 valence electrons. The Morgan fingerprint density at radius 2 is 1.83 bits per heavy atom. The van der Waals surface area contributed by atoms with Crippen LogP contribution in [0.2, 0.25) is 0 Å². The van der Waals surface area contributed by atoms with Crippen molar-refractivity contribution in [2.24, 2.45) is 0 Å². The number of halogens is 1. The topological polar surface area (TPSA) is 181 Å². The van der Waals surface area contributed by atoms with Gasteiger partial charge in [-0.05, 0) is 49.7 Å². The first kappa shape index (κ1) is 32.2. The molecule has 1 aromatic heterocycles. The van der Waals surface area contributed by atoms with Crippen molar-refractivity contribution in [1.29, 1.82) is 0 Å². The maximum Gasteiger partial charge on any atom is 0.305 e. The van der Waals surface area contributed by atoms with Crippen molar-refractivity contribution < 1.29 is 43.0 Å². The second kappa shape index (κ2) is 15.1. The number of aliphatic hydroxyl groups excluding tert-OH is 1. The number of ether oxygens (including phenoxy) is 1. The number of aryl methyl sites for hydroxylation is 1. The number of rotatable bonds is 15. The Labute approximate surface area is 245 Å². The minimum absolute atomic E-state index is 0.128. The fourth-order valence-electron chi connectivity index (χ4n) is 3.90. The lowest BCUT2D eigenvalue weighted by Crippen LogP contribution is -2.56. The van der Waals surface area contributed by atoms with E-state index in [1.54, 1.807) is 37.3 Å². The van der Waals surface area contributed by atoms with Crippen LogP contribution in [0.3, 0.4) is 0 Å². The maximum absolute atomic E-state index is 13.1. The molecular formula is C28H31FN4O8S. The highest BCUT2D eigenvalue weighted by Gasteiger charge is 2.31. The van der Waals surface area contributed by atoms with Gasteiger partial charge in [-0.2, -0.15) is 4.98 Å². The van der Waals surface area contributed by atoms with Crippen LogP contribution in [0.25, 0.3) is 11.5 Å². The zero-order valence-corrected chi connectivity index (χ0v) is 23.9. The molecule has 3 rings (SSSR count). The van der Waals surface area contributed by atoms with Crippen LogP contribution in [-0.2, 0) is 31.4 Å². The fraction of sp³-hybridized carbons (Fsp3) is 0.357. The average Bonchev–Trinajstić information content (AvgIpc) is 3.38. The molecule has 0 radical (unpaired) electrons. The number of carboxylic acids is 1. The maximum atomic E-state index is 13.1. The Hall–Kier alpha value is -4.30. The quantitative estimate of drug-likeness (QED) is 0.200. The molecule has 0 spiro atoms. The van der Waals surface area contributed by atoms with Crippen LogP contribution in [0.15, 0.2) is 47.0 Å². The zero-order chi connectivity index (χ0) is 30.8. The standard InChI is InChI=1S/C28H31FN4O8S/c1-15(34)26(32-24(36)11-19-10-18(6-9-23(19)40-3)28-30-16(2)33-41-28)27(39)31-21(12-25(37)38)22(35)14-42-13-17-4-7-20(29)8-5-17/h4-10,15,21,26,34H,11-14H2,1-3H3,(H,31,39)(H,32,36)(H,37,38). The summed E-state index contributed by atoms with van der Waals surface area (Å²) in [5.41, 5.74) is 1.74. The second-order valence-electron chi connectivity index (χ2n) is 9.38. The van der Waals surface area contributed by atoms with E-state index in [9.17, 15) is 33.8 Å². The van der Waals surface area contributed by atoms with Crippen LogP contribution in [0, 0.1) is 12.7 Å². The number of aliphatic hydroxyl groups is 1. The van der Waals surface area contributed by atoms with Crippen LogP contribution < -0.4 is 15.4 Å². The highest BCUT2D eigenvalue weighted by molar-refractivity contribution is 7.99. The number of benzene rings is 2. The van der Waals surface area contributed by atoms with E-state index < -0.39 is 54.0 Å². The van der Waals surface area contributed by atoms with Gasteiger partial charge in [0, 0.05) is 16.9 Å². The number of carbonyl (C=O) groups is 4. The largest absolute Gasteiger partial charge is 0.496 e. The summed E-state index contributed by atoms with van der Waals surface area (Å²) in [4.78, 5) is 54.3. The molecule has 0 aliphatic carbocycles. The van der Waals surface area contributed by atoms with Crippen LogP contribution in [0.5, 0.6) is 5.75 Å². The van der Waals surface area contributed by atoms with E-state index in [0.29, 0.717) is 28.5 Å². The fourth-order valence-corrected chi connectivity index (χ4v) is 4.83. The molecule has 0 aliphatic heterocycles. The van der Waals surface area contributed by atoms with Crippen LogP contribution in [-0.4, -0.2) is 75.0 Å². The summed E-state index contributed by atoms with van der Waals surface area (Å²) in [5.74, 6) is -2.57. The molecule has 12 nitrogen and oxygen atoms in total. The minimum atomic E-state index is -1.48. The lowest BCUT2D eigenvalue weighted by atomic mass is 10.0. The van der Waals surface area contributed by atoms with Crippen molar-refractivity contribution in [2.75, 3.05) is 12.9 Å². The van der Waals surface area contributed by atoms with Crippen LogP contribution in [0.4, 0.5) is 4.39 Å². The number of methoxy groups -OCH3 is 1. The molecule has 3 aromatic rings. The number of carboxylic acid groups (broad SMARTS) is 1. The molecule has 0 saturated heterocycles. The smallest absolute Gasteiger partial charge is 0.305 e. The summed E-state index contributed by atoms with van der Waals surface area (Å²) < 4.78 is 23.6. The Morgan fingerprint density at radius 3 is 2.43 bits per heavy atom. The van der Waals surface area contributed by atoms with E-state index >= 15 is 0 Å². The first-order chi connectivity index (χ1) is 20.0. The van der Waals surface area contributed by atoms with Crippen molar-refractivity contribution in [2.45, 2.75) is 50.6 Å². The second-order valence-corrected chi connectivity index (χ2v) is 10.4. The van der Waals surface area contributed by atoms with Gasteiger partial charge in [0.15, 0.2) is 11.6 Å². The highest BCUT2D eigenvalue weighted by Crippen LogP contribution is 2.26. The van der Waals surface area contributed by atoms with Gasteiger partial charge in [0.05, 0.1) is 37.9 Å². The van der Waals surface area contributed by atoms with E-state index in [-0.39, 0.29) is 18.1 Å². The lowest BCUT2D eigenvalue weighted by Gasteiger charge is -2.24. The summed E-state index contributed by atoms with van der Waals surface area (Å²) in [5, 5.41) is 28.1. The number of Topliss-reactive ketones (excluding diaryl/α,β-unsaturated/α-hetero) is 1. The third kappa shape index (κ3) is 9.38. The molecule has 14 heteroatoms. The van der Waals surface area contributed by atoms with Crippen molar-refractivity contribution in [3.8, 4) is 17.2 Å². The average molecular weight is 603 g/mol. The Kier molecular flexibility index (Phi) is 11.6. The minimum Gasteiger partial charge on any atom is -0.496 e. The van der Waals surface area contributed by atoms with Crippen molar-refractivity contribution in [1.82, 2.24) is 20.8 Å². The third-order valence-corrected chi connectivity index (χ3v) is 7.02. The monoisotopic (exact) mass is 602 g/mol. The number of ketones is 1. The molecule has 0 aliphatic rings. The van der Waals surface area contributed by atoms with Gasteiger partial charge >= 0.3 is 5.97 Å². The summed E-state index contributed by atoms with van der Waals surface area (Å²) in [6, 6.07) is 7.74. The van der Waals surface area contributed by atoms with Crippen molar-refractivity contribution in [3.05, 3.63) is 65.2 Å². The summed E-state index contributed by atoms with van der Waals surface area (Å²) in [7, 11) is 1.43. The molecule has 0 fully saturated rings. The van der Waals surface area contributed by atoms with Crippen LogP contribution in [0.1, 0.15) is 30.3 Å². The number of carbonyl (C=O) groups excluding carboxylic acids is 3. The van der Waals surface area contributed by atoms with E-state index in [1.807, 2.05) is 0 Å². The normalized spacial score (nSPS) is 13.1. The number of hydrogen-bond acceptors (Lipinski definition) is 10. The first-order valence-electron chi connectivity index (χ1n) is 12.8. The van der Waals surface area contributed by atoms with E-state index in [2.05, 4.69) is 20.8 Å². The molecule has 2 amide bonds. The van der Waals surface area contributed by atoms with Crippen LogP contribution >= 0.6 is 11.8 Å². The predicted molar refractivity (Wildman–Crippen MR) is 150 cm³/mol. The lowest BCUT2D eigenvalue weighted by molar-refractivity contribution is -0.140. The molecule has 3 atom stereocenters. The number of aromatic nitrogens is 2. The molecule has 42 heavy (non-hydrogen) atoms. The Morgan fingerprint density at radius 1 is 1.12 bits per heavy atom. The summed E-state index contributed by atoms with van der Waals surface area (Å²) in [6.45, 7) is 2.93. The number of nitrogens with one attached hydrogen (secondary N) is 2. The number of amides is 2. The molecular weight excluding hydrogens is 571 g/mol. The molecule has 1 heterocycles. The van der Waals surface area contributed by atoms with E-state index in [4.69, 9.17) is 9.26 Å². The summed E-state index contributed by atoms with van der Waals surface area (Å²) in [6.07, 6.45) is -2.32. The van der Waals surface area contributed by atoms with Gasteiger partial charge in [-0.1, -0.05) is 17.3 Å². The van der Waals surface area contributed by atoms with Gasteiger partial charge in [-0.3, -0.25) is 19.2 Å². The SMILES string of the molecule is COc1ccc(-c2nc(C)no2)cc1CC(=O)NC(C(=O)NC(CC(=O)O)C(=O)CSCc1ccc(F)cc1)C(C)O. The van der Waals surface area contributed by atoms with Crippen molar-refractivity contribution in [3.63, 3.8) is 0 Å². The Bertz CT molecular complexity index is 1410. The summed E-state index contributed by atoms with van der Waals surface area (Å²) >= 11 is 1.17. The number of aliphatic carboxylic acids is 1. The van der Waals surface area contributed by atoms with Gasteiger partial charge in [0.2, 0.25) is 11.8 Å². The third-order valence-electron chi connectivity index (χ3n) is 6.00. The van der Waals surface area contributed by atoms with Gasteiger partial charge in [-0.15, -0.1) is 11.8 Å². The molecule has 2 aromatic carbocycles. The molecule has 4 N–H and O–H groups in total. The number of thioether (sulfide) groups is 1. The van der Waals surface area contributed by atoms with Gasteiger partial charge in [0.1, 0.15) is 17.6 Å². The number of hydrogen-bond donors (Lipinski definition) is 4. The highest BCUT2D eigenvalue weighted by atomic mass is 32.2. The van der Waals surface area contributed by atoms with Crippen molar-refractivity contribution >= 4 is 35.3 Å². The van der Waals surface area contributed by atoms with Gasteiger partial charge in [-0.25, -0.2) is 4.39 Å². The predicted octanol–water partition coefficient (Wildman–Crippen LogP) is 2.06. The Balaban J connectivity index is 1.65. The first-order valence-corrected chi connectivity index (χ1v) is 13.9. The molecule has 0 saturated carbocycles. The molecule has 0 bridgehead atoms. The zero-order valence-electron chi connectivity index (χ0n) is 23.1.